The zero-order valence-electron chi connectivity index (χ0n) is 9.21. The van der Waals surface area contributed by atoms with Crippen molar-refractivity contribution in [2.45, 2.75) is 31.7 Å². The maximum Gasteiger partial charge on any atom is 0.0357 e. The smallest absolute Gasteiger partial charge is 0.0357 e. The second kappa shape index (κ2) is 5.13. The third kappa shape index (κ3) is 2.93. The van der Waals surface area contributed by atoms with Crippen LogP contribution in [0.3, 0.4) is 0 Å². The van der Waals surface area contributed by atoms with Gasteiger partial charge in [-0.25, -0.2) is 0 Å². The topological polar surface area (TPSA) is 12.0 Å². The molecule has 1 aliphatic heterocycles. The lowest BCUT2D eigenvalue weighted by Gasteiger charge is -2.23. The van der Waals surface area contributed by atoms with Gasteiger partial charge in [0, 0.05) is 6.04 Å². The summed E-state index contributed by atoms with van der Waals surface area (Å²) in [6.45, 7) is 5.28. The van der Waals surface area contributed by atoms with Crippen LogP contribution in [0.1, 0.15) is 37.3 Å². The summed E-state index contributed by atoms with van der Waals surface area (Å²) in [5.74, 6) is 0. The molecule has 0 saturated carbocycles. The van der Waals surface area contributed by atoms with Gasteiger partial charge in [0.2, 0.25) is 0 Å². The van der Waals surface area contributed by atoms with Gasteiger partial charge >= 0.3 is 0 Å². The molecule has 0 spiro atoms. The molecule has 1 aliphatic rings. The van der Waals surface area contributed by atoms with E-state index >= 15 is 0 Å². The lowest BCUT2D eigenvalue weighted by Crippen LogP contribution is -2.24. The predicted molar refractivity (Wildman–Crippen MR) is 64.8 cm³/mol. The molecule has 1 heteroatoms. The minimum Gasteiger partial charge on any atom is -0.310 e. The van der Waals surface area contributed by atoms with Crippen molar-refractivity contribution >= 4 is 0 Å². The van der Waals surface area contributed by atoms with Gasteiger partial charge in [-0.1, -0.05) is 42.5 Å². The molecule has 1 saturated heterocycles. The Hall–Kier alpha value is -1.08. The highest BCUT2D eigenvalue weighted by Gasteiger charge is 2.13. The van der Waals surface area contributed by atoms with E-state index in [1.165, 1.54) is 30.4 Å². The van der Waals surface area contributed by atoms with Crippen LogP contribution in [-0.4, -0.2) is 6.54 Å². The molecule has 1 aromatic rings. The Morgan fingerprint density at radius 1 is 1.13 bits per heavy atom. The van der Waals surface area contributed by atoms with E-state index in [1.807, 2.05) is 0 Å². The highest BCUT2D eigenvalue weighted by atomic mass is 14.9. The first kappa shape index (κ1) is 10.4. The van der Waals surface area contributed by atoms with Gasteiger partial charge in [0.25, 0.3) is 0 Å². The molecule has 1 fully saturated rings. The fraction of sp³-hybridized carbons (Fsp3) is 0.429. The van der Waals surface area contributed by atoms with Crippen molar-refractivity contribution < 1.29 is 0 Å². The Kier molecular flexibility index (Phi) is 3.57. The third-order valence-corrected chi connectivity index (χ3v) is 3.04. The van der Waals surface area contributed by atoms with Crippen LogP contribution >= 0.6 is 0 Å². The summed E-state index contributed by atoms with van der Waals surface area (Å²) in [6.07, 6.45) is 4.84. The van der Waals surface area contributed by atoms with Crippen LogP contribution in [-0.2, 0) is 0 Å². The quantitative estimate of drug-likeness (QED) is 0.686. The molecule has 0 aliphatic carbocycles. The van der Waals surface area contributed by atoms with Gasteiger partial charge in [-0.05, 0) is 37.8 Å². The highest BCUT2D eigenvalue weighted by Crippen LogP contribution is 2.24. The van der Waals surface area contributed by atoms with Crippen molar-refractivity contribution in [2.75, 3.05) is 6.54 Å². The Labute approximate surface area is 92.2 Å². The zero-order chi connectivity index (χ0) is 10.5. The van der Waals surface area contributed by atoms with E-state index in [9.17, 15) is 0 Å². The van der Waals surface area contributed by atoms with Crippen molar-refractivity contribution in [1.82, 2.24) is 5.32 Å². The van der Waals surface area contributed by atoms with Crippen molar-refractivity contribution in [3.8, 4) is 0 Å². The van der Waals surface area contributed by atoms with Crippen molar-refractivity contribution in [1.29, 1.82) is 0 Å². The Morgan fingerprint density at radius 2 is 1.93 bits per heavy atom. The molecule has 80 valence electrons. The van der Waals surface area contributed by atoms with Gasteiger partial charge < -0.3 is 5.32 Å². The number of nitrogens with one attached hydrogen (secondary N) is 1. The first-order valence-electron chi connectivity index (χ1n) is 5.81. The van der Waals surface area contributed by atoms with Crippen molar-refractivity contribution in [3.63, 3.8) is 0 Å². The lowest BCUT2D eigenvalue weighted by atomic mass is 9.95. The maximum absolute atomic E-state index is 4.15. The fourth-order valence-electron chi connectivity index (χ4n) is 2.16. The molecule has 0 amide bonds. The summed E-state index contributed by atoms with van der Waals surface area (Å²) in [5, 5.41) is 3.61. The fourth-order valence-corrected chi connectivity index (χ4v) is 2.16. The normalized spacial score (nSPS) is 23.2. The second-order valence-corrected chi connectivity index (χ2v) is 4.33. The number of benzene rings is 1. The molecule has 1 nitrogen and oxygen atoms in total. The molecular weight excluding hydrogens is 182 g/mol. The van der Waals surface area contributed by atoms with E-state index < -0.39 is 0 Å². The van der Waals surface area contributed by atoms with E-state index in [1.54, 1.807) is 0 Å². The minimum absolute atomic E-state index is 0.471. The number of hydrogen-bond acceptors (Lipinski definition) is 1. The molecule has 15 heavy (non-hydrogen) atoms. The molecule has 1 aromatic carbocycles. The zero-order valence-corrected chi connectivity index (χ0v) is 9.21. The molecule has 1 heterocycles. The standard InChI is InChI=1S/C14H19N/c1-12-7-5-6-10-15-14(11-12)13-8-3-2-4-9-13/h2-4,8-9,14-15H,1,5-7,10-11H2. The largest absolute Gasteiger partial charge is 0.310 e. The lowest BCUT2D eigenvalue weighted by molar-refractivity contribution is 0.480. The summed E-state index contributed by atoms with van der Waals surface area (Å²) in [7, 11) is 0. The Morgan fingerprint density at radius 3 is 2.73 bits per heavy atom. The van der Waals surface area contributed by atoms with Crippen LogP contribution in [0, 0.1) is 0 Å². The molecule has 0 aromatic heterocycles. The summed E-state index contributed by atoms with van der Waals surface area (Å²) in [5.41, 5.74) is 2.77. The summed E-state index contributed by atoms with van der Waals surface area (Å²) < 4.78 is 0. The molecular formula is C14H19N. The first-order valence-corrected chi connectivity index (χ1v) is 5.81. The molecule has 2 rings (SSSR count). The van der Waals surface area contributed by atoms with Gasteiger partial charge in [-0.15, -0.1) is 0 Å². The molecule has 1 atom stereocenters. The van der Waals surface area contributed by atoms with E-state index in [2.05, 4.69) is 42.2 Å². The minimum atomic E-state index is 0.471. The van der Waals surface area contributed by atoms with Crippen LogP contribution in [0.5, 0.6) is 0 Å². The second-order valence-electron chi connectivity index (χ2n) is 4.33. The average molecular weight is 201 g/mol. The monoisotopic (exact) mass is 201 g/mol. The van der Waals surface area contributed by atoms with E-state index in [-0.39, 0.29) is 0 Å². The average Bonchev–Trinajstić information content (AvgIpc) is 2.24. The van der Waals surface area contributed by atoms with Crippen molar-refractivity contribution in [2.24, 2.45) is 0 Å². The van der Waals surface area contributed by atoms with Gasteiger partial charge in [0.15, 0.2) is 0 Å². The summed E-state index contributed by atoms with van der Waals surface area (Å²) in [4.78, 5) is 0. The highest BCUT2D eigenvalue weighted by molar-refractivity contribution is 5.21. The van der Waals surface area contributed by atoms with Crippen LogP contribution in [0.4, 0.5) is 0 Å². The summed E-state index contributed by atoms with van der Waals surface area (Å²) in [6, 6.07) is 11.2. The van der Waals surface area contributed by atoms with Gasteiger partial charge in [-0.2, -0.15) is 0 Å². The third-order valence-electron chi connectivity index (χ3n) is 3.04. The first-order chi connectivity index (χ1) is 7.36. The van der Waals surface area contributed by atoms with Crippen LogP contribution < -0.4 is 5.32 Å². The molecule has 0 radical (unpaired) electrons. The van der Waals surface area contributed by atoms with Crippen LogP contribution in [0.15, 0.2) is 42.5 Å². The predicted octanol–water partition coefficient (Wildman–Crippen LogP) is 3.45. The SMILES string of the molecule is C=C1CCCCNC(c2ccccc2)C1. The van der Waals surface area contributed by atoms with Crippen LogP contribution in [0.25, 0.3) is 0 Å². The van der Waals surface area contributed by atoms with E-state index in [4.69, 9.17) is 0 Å². The number of hydrogen-bond donors (Lipinski definition) is 1. The number of rotatable bonds is 1. The maximum atomic E-state index is 4.15. The Balaban J connectivity index is 2.09. The van der Waals surface area contributed by atoms with Gasteiger partial charge in [0.1, 0.15) is 0 Å². The van der Waals surface area contributed by atoms with Gasteiger partial charge in [0.05, 0.1) is 0 Å². The Bertz CT molecular complexity index is 315. The van der Waals surface area contributed by atoms with E-state index in [0.29, 0.717) is 6.04 Å². The molecule has 1 N–H and O–H groups in total. The van der Waals surface area contributed by atoms with Gasteiger partial charge in [-0.3, -0.25) is 0 Å². The van der Waals surface area contributed by atoms with Crippen molar-refractivity contribution in [3.05, 3.63) is 48.0 Å². The summed E-state index contributed by atoms with van der Waals surface area (Å²) >= 11 is 0. The van der Waals surface area contributed by atoms with Crippen LogP contribution in [0.2, 0.25) is 0 Å². The molecule has 0 bridgehead atoms. The molecule has 1 unspecified atom stereocenters. The van der Waals surface area contributed by atoms with E-state index in [0.717, 1.165) is 13.0 Å².